The van der Waals surface area contributed by atoms with Crippen molar-refractivity contribution in [3.8, 4) is 0 Å². The molecular weight excluding hydrogens is 1130 g/mol. The maximum absolute atomic E-state index is 14.4. The van der Waals surface area contributed by atoms with Gasteiger partial charge in [0.15, 0.2) is 0 Å². The number of alkyl carbamates (subject to hydrolysis) is 1. The van der Waals surface area contributed by atoms with E-state index in [-0.39, 0.29) is 118 Å². The molecule has 2 saturated heterocycles. The summed E-state index contributed by atoms with van der Waals surface area (Å²) >= 11 is 5.86. The van der Waals surface area contributed by atoms with E-state index in [0.717, 1.165) is 12.1 Å². The normalized spacial score (nSPS) is 15.9. The van der Waals surface area contributed by atoms with Gasteiger partial charge >= 0.3 is 18.2 Å². The summed E-state index contributed by atoms with van der Waals surface area (Å²) in [5.41, 5.74) is -1.45. The summed E-state index contributed by atoms with van der Waals surface area (Å²) in [7, 11) is 0. The Kier molecular flexibility index (Phi) is 32.2. The first-order valence-corrected chi connectivity index (χ1v) is 28.4. The van der Waals surface area contributed by atoms with Gasteiger partial charge in [0.1, 0.15) is 23.1 Å². The number of amides is 5. The zero-order valence-corrected chi connectivity index (χ0v) is 49.9. The summed E-state index contributed by atoms with van der Waals surface area (Å²) in [6, 6.07) is 5.29. The number of non-ortho nitro benzene ring substituents is 1. The van der Waals surface area contributed by atoms with E-state index < -0.39 is 51.6 Å². The average Bonchev–Trinajstić information content (AvgIpc) is 2.67. The molecule has 84 heavy (non-hydrogen) atoms. The van der Waals surface area contributed by atoms with Crippen molar-refractivity contribution in [3.63, 3.8) is 0 Å². The molecule has 2 atom stereocenters. The van der Waals surface area contributed by atoms with Crippen LogP contribution in [0.25, 0.3) is 0 Å². The monoisotopic (exact) mass is 1220 g/mol. The maximum Gasteiger partial charge on any atom is 0.411 e. The summed E-state index contributed by atoms with van der Waals surface area (Å²) in [5.74, 6) is -0.996. The third-order valence-electron chi connectivity index (χ3n) is 12.6. The van der Waals surface area contributed by atoms with Crippen molar-refractivity contribution in [2.45, 2.75) is 71.2 Å². The Balaban J connectivity index is 0.966. The number of carbonyl (C=O) groups is 4. The van der Waals surface area contributed by atoms with Gasteiger partial charge in [-0.1, -0.05) is 11.6 Å². The van der Waals surface area contributed by atoms with E-state index >= 15 is 0 Å². The summed E-state index contributed by atoms with van der Waals surface area (Å²) < 4.78 is 74.9. The van der Waals surface area contributed by atoms with Gasteiger partial charge in [0.2, 0.25) is 5.91 Å². The fourth-order valence-electron chi connectivity index (χ4n) is 8.31. The van der Waals surface area contributed by atoms with E-state index in [4.69, 9.17) is 63.7 Å². The van der Waals surface area contributed by atoms with Crippen molar-refractivity contribution in [1.82, 2.24) is 24.9 Å². The molecule has 4 rings (SSSR count). The van der Waals surface area contributed by atoms with E-state index in [0.29, 0.717) is 106 Å². The smallest absolute Gasteiger partial charge is 0.411 e. The predicted octanol–water partition coefficient (Wildman–Crippen LogP) is 5.44. The molecule has 0 saturated carbocycles. The van der Waals surface area contributed by atoms with Gasteiger partial charge in [-0.3, -0.25) is 34.8 Å². The van der Waals surface area contributed by atoms with Crippen molar-refractivity contribution >= 4 is 58.5 Å². The third-order valence-corrected chi connectivity index (χ3v) is 12.9. The van der Waals surface area contributed by atoms with Gasteiger partial charge < -0.3 is 77.9 Å². The van der Waals surface area contributed by atoms with Crippen LogP contribution in [0.4, 0.5) is 41.5 Å². The summed E-state index contributed by atoms with van der Waals surface area (Å²) in [4.78, 5) is 81.7. The van der Waals surface area contributed by atoms with Crippen LogP contribution in [0.2, 0.25) is 5.02 Å². The Labute approximate surface area is 494 Å². The first kappa shape index (κ1) is 70.6. The van der Waals surface area contributed by atoms with Gasteiger partial charge in [0.25, 0.3) is 11.4 Å². The minimum atomic E-state index is -0.850. The Hall–Kier alpha value is -5.86. The first-order valence-electron chi connectivity index (χ1n) is 28.0. The fourth-order valence-corrected chi connectivity index (χ4v) is 8.43. The van der Waals surface area contributed by atoms with Crippen LogP contribution >= 0.6 is 11.6 Å². The van der Waals surface area contributed by atoms with E-state index in [1.165, 1.54) is 34.1 Å². The molecule has 30 heteroatoms. The molecular formula is C54H85ClFN9O19. The number of hydrogen-bond donors (Lipinski definition) is 3. The molecule has 28 nitrogen and oxygen atoms in total. The molecule has 2 fully saturated rings. The molecule has 2 aromatic rings. The van der Waals surface area contributed by atoms with Gasteiger partial charge in [-0.05, 0) is 65.8 Å². The second kappa shape index (κ2) is 38.2. The van der Waals surface area contributed by atoms with Gasteiger partial charge in [0, 0.05) is 76.1 Å². The van der Waals surface area contributed by atoms with Gasteiger partial charge in [-0.2, -0.15) is 0 Å². The van der Waals surface area contributed by atoms with Crippen molar-refractivity contribution < 1.29 is 85.5 Å². The molecule has 474 valence electrons. The Bertz CT molecular complexity index is 2340. The molecule has 3 N–H and O–H groups in total. The van der Waals surface area contributed by atoms with Gasteiger partial charge in [-0.25, -0.2) is 18.8 Å². The highest BCUT2D eigenvalue weighted by atomic mass is 35.5. The average molecular weight is 1220 g/mol. The number of nitrogens with one attached hydrogen (secondary N) is 3. The third kappa shape index (κ3) is 27.5. The molecule has 0 bridgehead atoms. The van der Waals surface area contributed by atoms with E-state index in [2.05, 4.69) is 20.9 Å². The lowest BCUT2D eigenvalue weighted by Gasteiger charge is -2.48. The van der Waals surface area contributed by atoms with Crippen LogP contribution in [0.5, 0.6) is 0 Å². The molecule has 2 unspecified atom stereocenters. The number of anilines is 2. The fraction of sp³-hybridized carbons (Fsp3) is 0.704. The molecule has 0 spiro atoms. The van der Waals surface area contributed by atoms with Crippen LogP contribution in [0, 0.1) is 26.0 Å². The van der Waals surface area contributed by atoms with Crippen LogP contribution < -0.4 is 16.0 Å². The molecule has 0 radical (unpaired) electrons. The quantitative estimate of drug-likeness (QED) is 0.0428. The number of benzene rings is 2. The SMILES string of the molecule is CC(C)(C)OC(=O)N1CCN(C(C)(C)C)CC1C(=O)N1CCN(C(=O)Nc2ccc(Cl)c(F)c2)C(CCOC(=O)NCCOCCOCCOCCOCCOCCOCCOCCOCCOCCNc2ccc([N+](=O)[O-])cc2[N+](=O)[O-])C1. The first-order chi connectivity index (χ1) is 40.1. The van der Waals surface area contributed by atoms with E-state index in [9.17, 15) is 43.8 Å². The maximum atomic E-state index is 14.4. The minimum Gasteiger partial charge on any atom is -0.449 e. The van der Waals surface area contributed by atoms with Crippen LogP contribution in [-0.2, 0) is 56.9 Å². The number of nitrogens with zero attached hydrogens (tertiary/aromatic N) is 6. The van der Waals surface area contributed by atoms with Crippen LogP contribution in [0.1, 0.15) is 48.0 Å². The van der Waals surface area contributed by atoms with Crippen LogP contribution in [-0.4, -0.2) is 255 Å². The molecule has 2 aliphatic heterocycles. The Morgan fingerprint density at radius 2 is 1.14 bits per heavy atom. The number of hydrogen-bond acceptors (Lipinski definition) is 21. The van der Waals surface area contributed by atoms with Crippen LogP contribution in [0.3, 0.4) is 0 Å². The van der Waals surface area contributed by atoms with Crippen molar-refractivity contribution in [1.29, 1.82) is 0 Å². The summed E-state index contributed by atoms with van der Waals surface area (Å²) in [5, 5.41) is 30.2. The molecule has 5 amide bonds. The largest absolute Gasteiger partial charge is 0.449 e. The molecule has 2 aliphatic rings. The number of urea groups is 1. The van der Waals surface area contributed by atoms with Crippen molar-refractivity contribution in [2.24, 2.45) is 0 Å². The second-order valence-electron chi connectivity index (χ2n) is 21.0. The lowest BCUT2D eigenvalue weighted by atomic mass is 10.0. The summed E-state index contributed by atoms with van der Waals surface area (Å²) in [6.45, 7) is 19.6. The van der Waals surface area contributed by atoms with Gasteiger partial charge in [-0.15, -0.1) is 0 Å². The molecule has 0 aliphatic carbocycles. The number of halogens is 2. The van der Waals surface area contributed by atoms with Crippen molar-refractivity contribution in [2.75, 3.05) is 189 Å². The highest BCUT2D eigenvalue weighted by molar-refractivity contribution is 6.30. The number of piperazine rings is 2. The van der Waals surface area contributed by atoms with Crippen LogP contribution in [0.15, 0.2) is 36.4 Å². The Morgan fingerprint density at radius 3 is 1.63 bits per heavy atom. The number of nitro benzene ring substituents is 2. The highest BCUT2D eigenvalue weighted by Crippen LogP contribution is 2.29. The lowest BCUT2D eigenvalue weighted by Crippen LogP contribution is -2.66. The van der Waals surface area contributed by atoms with E-state index in [1.54, 1.807) is 25.7 Å². The zero-order chi connectivity index (χ0) is 61.3. The molecule has 2 aromatic carbocycles. The Morgan fingerprint density at radius 1 is 0.631 bits per heavy atom. The molecule has 0 aromatic heterocycles. The molecule has 2 heterocycles. The number of nitro groups is 2. The van der Waals surface area contributed by atoms with Crippen molar-refractivity contribution in [3.05, 3.63) is 67.5 Å². The topological polar surface area (TPSA) is 305 Å². The standard InChI is InChI=1S/C54H85ClFN9O19/c1-53(2,3)61-15-17-63(52(69)84-54(4,5)6)48(40-61)49(66)60-14-16-62(50(67)59-41-7-9-44(55)45(56)37-41)43(39-60)11-18-83-51(68)58-13-20-75-22-24-77-26-28-79-30-32-81-34-36-82-35-33-80-31-29-78-27-25-76-23-21-74-19-12-57-46-10-8-42(64(70)71)38-47(46)65(72)73/h7-10,37-38,43,48,57H,11-36,39-40H2,1-6H3,(H,58,68)(H,59,67). The second-order valence-corrected chi connectivity index (χ2v) is 21.4. The minimum absolute atomic E-state index is 0.0792. The van der Waals surface area contributed by atoms with Gasteiger partial charge in [0.05, 0.1) is 153 Å². The number of ether oxygens (including phenoxy) is 11. The number of carbonyl (C=O) groups excluding carboxylic acids is 4. The highest BCUT2D eigenvalue weighted by Gasteiger charge is 2.44. The summed E-state index contributed by atoms with van der Waals surface area (Å²) in [6.07, 6.45) is -1.12. The number of rotatable bonds is 38. The van der Waals surface area contributed by atoms with E-state index in [1.807, 2.05) is 20.8 Å². The zero-order valence-electron chi connectivity index (χ0n) is 49.1. The predicted molar refractivity (Wildman–Crippen MR) is 305 cm³/mol. The lowest BCUT2D eigenvalue weighted by molar-refractivity contribution is -0.393.